The van der Waals surface area contributed by atoms with Crippen LogP contribution < -0.4 is 5.32 Å². The number of rotatable bonds is 8. The molecular formula is C13H24N2OS. The molecule has 0 fully saturated rings. The Morgan fingerprint density at radius 2 is 2.06 bits per heavy atom. The molecule has 1 N–H and O–H groups in total. The third-order valence-electron chi connectivity index (χ3n) is 3.21. The van der Waals surface area contributed by atoms with Gasteiger partial charge in [0.05, 0.1) is 5.69 Å². The normalized spacial score (nSPS) is 12.0. The van der Waals surface area contributed by atoms with Crippen molar-refractivity contribution in [2.75, 3.05) is 13.7 Å². The van der Waals surface area contributed by atoms with Crippen LogP contribution in [-0.2, 0) is 16.9 Å². The lowest BCUT2D eigenvalue weighted by molar-refractivity contribution is -0.0219. The highest BCUT2D eigenvalue weighted by Crippen LogP contribution is 2.34. The van der Waals surface area contributed by atoms with Gasteiger partial charge >= 0.3 is 0 Å². The third kappa shape index (κ3) is 3.50. The van der Waals surface area contributed by atoms with E-state index in [1.807, 2.05) is 0 Å². The fourth-order valence-corrected chi connectivity index (χ4v) is 3.06. The Morgan fingerprint density at radius 3 is 2.59 bits per heavy atom. The van der Waals surface area contributed by atoms with Crippen LogP contribution in [0.25, 0.3) is 0 Å². The molecule has 0 aliphatic carbocycles. The number of methoxy groups -OCH3 is 1. The largest absolute Gasteiger partial charge is 0.371 e. The second-order valence-corrected chi connectivity index (χ2v) is 5.08. The minimum Gasteiger partial charge on any atom is -0.371 e. The van der Waals surface area contributed by atoms with E-state index in [2.05, 4.69) is 31.5 Å². The number of ether oxygens (including phenoxy) is 1. The van der Waals surface area contributed by atoms with E-state index in [4.69, 9.17) is 9.72 Å². The molecule has 0 saturated carbocycles. The molecule has 1 rings (SSSR count). The maximum absolute atomic E-state index is 5.69. The molecule has 0 aromatic carbocycles. The summed E-state index contributed by atoms with van der Waals surface area (Å²) in [5.74, 6) is 0. The summed E-state index contributed by atoms with van der Waals surface area (Å²) < 4.78 is 5.69. The van der Waals surface area contributed by atoms with Gasteiger partial charge in [0.15, 0.2) is 0 Å². The van der Waals surface area contributed by atoms with Crippen molar-refractivity contribution in [3.63, 3.8) is 0 Å². The molecule has 1 aromatic heterocycles. The number of nitrogens with zero attached hydrogens (tertiary/aromatic N) is 1. The van der Waals surface area contributed by atoms with Crippen molar-refractivity contribution in [2.24, 2.45) is 0 Å². The van der Waals surface area contributed by atoms with Crippen LogP contribution in [0.2, 0.25) is 0 Å². The van der Waals surface area contributed by atoms with E-state index in [0.29, 0.717) is 0 Å². The van der Waals surface area contributed by atoms with E-state index in [1.165, 1.54) is 0 Å². The molecule has 0 spiro atoms. The van der Waals surface area contributed by atoms with Crippen LogP contribution in [0.1, 0.15) is 50.7 Å². The number of thiazole rings is 1. The molecule has 3 nitrogen and oxygen atoms in total. The molecular weight excluding hydrogens is 232 g/mol. The van der Waals surface area contributed by atoms with Gasteiger partial charge in [-0.25, -0.2) is 4.98 Å². The maximum Gasteiger partial charge on any atom is 0.125 e. The minimum atomic E-state index is -0.187. The summed E-state index contributed by atoms with van der Waals surface area (Å²) in [6.07, 6.45) is 3.09. The van der Waals surface area contributed by atoms with E-state index >= 15 is 0 Å². The van der Waals surface area contributed by atoms with Crippen molar-refractivity contribution < 1.29 is 4.74 Å². The minimum absolute atomic E-state index is 0.187. The second kappa shape index (κ2) is 7.09. The molecule has 0 bridgehead atoms. The van der Waals surface area contributed by atoms with E-state index in [0.717, 1.165) is 43.1 Å². The van der Waals surface area contributed by atoms with E-state index in [9.17, 15) is 0 Å². The molecule has 1 aromatic rings. The lowest BCUT2D eigenvalue weighted by atomic mass is 9.98. The first-order chi connectivity index (χ1) is 8.22. The summed E-state index contributed by atoms with van der Waals surface area (Å²) in [5.41, 5.74) is 0.940. The molecule has 0 atom stereocenters. The quantitative estimate of drug-likeness (QED) is 0.725. The molecule has 4 heteroatoms. The third-order valence-corrected chi connectivity index (χ3v) is 4.28. The van der Waals surface area contributed by atoms with Gasteiger partial charge in [-0.1, -0.05) is 20.8 Å². The Kier molecular flexibility index (Phi) is 6.09. The van der Waals surface area contributed by atoms with Gasteiger partial charge in [0.2, 0.25) is 0 Å². The van der Waals surface area contributed by atoms with Crippen molar-refractivity contribution in [3.8, 4) is 0 Å². The summed E-state index contributed by atoms with van der Waals surface area (Å²) in [6.45, 7) is 8.39. The van der Waals surface area contributed by atoms with Crippen LogP contribution in [0.5, 0.6) is 0 Å². The highest BCUT2D eigenvalue weighted by molar-refractivity contribution is 7.09. The number of aromatic nitrogens is 1. The van der Waals surface area contributed by atoms with E-state index < -0.39 is 0 Å². The first-order valence-electron chi connectivity index (χ1n) is 6.43. The first-order valence-corrected chi connectivity index (χ1v) is 7.31. The summed E-state index contributed by atoms with van der Waals surface area (Å²) in [6, 6.07) is 0. The topological polar surface area (TPSA) is 34.1 Å². The molecule has 0 aliphatic heterocycles. The predicted octanol–water partition coefficient (Wildman–Crippen LogP) is 3.30. The van der Waals surface area contributed by atoms with E-state index in [1.54, 1.807) is 18.4 Å². The zero-order valence-electron chi connectivity index (χ0n) is 11.4. The average molecular weight is 256 g/mol. The van der Waals surface area contributed by atoms with Crippen molar-refractivity contribution in [1.29, 1.82) is 0 Å². The van der Waals surface area contributed by atoms with Gasteiger partial charge in [0.1, 0.15) is 10.6 Å². The van der Waals surface area contributed by atoms with Crippen molar-refractivity contribution in [3.05, 3.63) is 16.1 Å². The Bertz CT molecular complexity index is 313. The SMILES string of the molecule is CCCNCc1csc(C(CC)(CC)OC)n1. The molecule has 0 amide bonds. The van der Waals surface area contributed by atoms with Gasteiger partial charge in [-0.2, -0.15) is 0 Å². The van der Waals surface area contributed by atoms with Crippen LogP contribution in [-0.4, -0.2) is 18.6 Å². The summed E-state index contributed by atoms with van der Waals surface area (Å²) in [5, 5.41) is 6.62. The lowest BCUT2D eigenvalue weighted by Crippen LogP contribution is -2.26. The number of nitrogens with one attached hydrogen (secondary N) is 1. The first kappa shape index (κ1) is 14.6. The molecule has 98 valence electrons. The van der Waals surface area contributed by atoms with Gasteiger partial charge in [-0.05, 0) is 25.8 Å². The van der Waals surface area contributed by atoms with Gasteiger partial charge in [0.25, 0.3) is 0 Å². The second-order valence-electron chi connectivity index (χ2n) is 4.23. The van der Waals surface area contributed by atoms with Crippen LogP contribution >= 0.6 is 11.3 Å². The zero-order chi connectivity index (χ0) is 12.7. The number of hydrogen-bond acceptors (Lipinski definition) is 4. The summed E-state index contributed by atoms with van der Waals surface area (Å²) in [7, 11) is 1.78. The molecule has 0 radical (unpaired) electrons. The number of hydrogen-bond donors (Lipinski definition) is 1. The van der Waals surface area contributed by atoms with Crippen LogP contribution in [0.3, 0.4) is 0 Å². The Hall–Kier alpha value is -0.450. The van der Waals surface area contributed by atoms with Crippen LogP contribution in [0, 0.1) is 0 Å². The van der Waals surface area contributed by atoms with Crippen LogP contribution in [0.4, 0.5) is 0 Å². The molecule has 0 aliphatic rings. The monoisotopic (exact) mass is 256 g/mol. The zero-order valence-corrected chi connectivity index (χ0v) is 12.2. The van der Waals surface area contributed by atoms with Crippen molar-refractivity contribution in [2.45, 2.75) is 52.2 Å². The molecule has 0 unspecified atom stereocenters. The highest BCUT2D eigenvalue weighted by atomic mass is 32.1. The lowest BCUT2D eigenvalue weighted by Gasteiger charge is -2.27. The standard InChI is InChI=1S/C13H24N2OS/c1-5-8-14-9-11-10-17-12(15-11)13(6-2,7-3)16-4/h10,14H,5-9H2,1-4H3. The smallest absolute Gasteiger partial charge is 0.125 e. The Balaban J connectivity index is 2.71. The van der Waals surface area contributed by atoms with Crippen LogP contribution in [0.15, 0.2) is 5.38 Å². The maximum atomic E-state index is 5.69. The van der Waals surface area contributed by atoms with Gasteiger partial charge < -0.3 is 10.1 Å². The fraction of sp³-hybridized carbons (Fsp3) is 0.769. The molecule has 17 heavy (non-hydrogen) atoms. The predicted molar refractivity (Wildman–Crippen MR) is 73.4 cm³/mol. The average Bonchev–Trinajstić information content (AvgIpc) is 2.82. The van der Waals surface area contributed by atoms with Crippen molar-refractivity contribution >= 4 is 11.3 Å². The highest BCUT2D eigenvalue weighted by Gasteiger charge is 2.31. The fourth-order valence-electron chi connectivity index (χ4n) is 1.92. The van der Waals surface area contributed by atoms with Gasteiger partial charge in [-0.3, -0.25) is 0 Å². The van der Waals surface area contributed by atoms with Gasteiger partial charge in [0, 0.05) is 19.0 Å². The molecule has 0 saturated heterocycles. The van der Waals surface area contributed by atoms with Crippen molar-refractivity contribution in [1.82, 2.24) is 10.3 Å². The van der Waals surface area contributed by atoms with Gasteiger partial charge in [-0.15, -0.1) is 11.3 Å². The van der Waals surface area contributed by atoms with E-state index in [-0.39, 0.29) is 5.60 Å². The summed E-state index contributed by atoms with van der Waals surface area (Å²) in [4.78, 5) is 4.70. The Morgan fingerprint density at radius 1 is 1.35 bits per heavy atom. The Labute approximate surface area is 109 Å². The summed E-state index contributed by atoms with van der Waals surface area (Å²) >= 11 is 1.71. The molecule has 1 heterocycles.